The van der Waals surface area contributed by atoms with E-state index in [1.807, 2.05) is 13.8 Å². The van der Waals surface area contributed by atoms with Crippen LogP contribution in [0.3, 0.4) is 0 Å². The summed E-state index contributed by atoms with van der Waals surface area (Å²) in [7, 11) is 0. The maximum absolute atomic E-state index is 13.0. The number of hydrogen-bond donors (Lipinski definition) is 2. The SMILES string of the molecule is Cc1nn(Cn2ccc(C(=O)Nc3c(C(F)(F)F)n[nH]c3C)n2)c(C)c1Br. The summed E-state index contributed by atoms with van der Waals surface area (Å²) in [6.45, 7) is 5.36. The van der Waals surface area contributed by atoms with Gasteiger partial charge in [0.1, 0.15) is 6.67 Å². The maximum Gasteiger partial charge on any atom is 0.437 e. The largest absolute Gasteiger partial charge is 0.437 e. The Morgan fingerprint density at radius 3 is 2.59 bits per heavy atom. The highest BCUT2D eigenvalue weighted by atomic mass is 79.9. The fourth-order valence-electron chi connectivity index (χ4n) is 2.48. The molecule has 0 saturated carbocycles. The van der Waals surface area contributed by atoms with Crippen molar-refractivity contribution in [3.05, 3.63) is 45.2 Å². The summed E-state index contributed by atoms with van der Waals surface area (Å²) < 4.78 is 42.9. The van der Waals surface area contributed by atoms with Gasteiger partial charge >= 0.3 is 6.18 Å². The Hall–Kier alpha value is -2.63. The number of carbonyl (C=O) groups excluding carboxylic acids is 1. The quantitative estimate of drug-likeness (QED) is 0.644. The third kappa shape index (κ3) is 3.75. The van der Waals surface area contributed by atoms with Gasteiger partial charge < -0.3 is 5.32 Å². The van der Waals surface area contributed by atoms with Gasteiger partial charge in [-0.1, -0.05) is 0 Å². The van der Waals surface area contributed by atoms with E-state index in [2.05, 4.69) is 41.6 Å². The topological polar surface area (TPSA) is 93.4 Å². The van der Waals surface area contributed by atoms with E-state index in [0.29, 0.717) is 0 Å². The van der Waals surface area contributed by atoms with Crippen LogP contribution in [0, 0.1) is 20.8 Å². The van der Waals surface area contributed by atoms with Crippen molar-refractivity contribution in [2.24, 2.45) is 0 Å². The molecule has 0 aromatic carbocycles. The first kappa shape index (κ1) is 19.1. The van der Waals surface area contributed by atoms with Crippen molar-refractivity contribution in [2.45, 2.75) is 33.6 Å². The molecule has 144 valence electrons. The van der Waals surface area contributed by atoms with Crippen molar-refractivity contribution in [3.63, 3.8) is 0 Å². The first-order valence-corrected chi connectivity index (χ1v) is 8.53. The lowest BCUT2D eigenvalue weighted by atomic mass is 10.2. The van der Waals surface area contributed by atoms with Crippen LogP contribution in [0.4, 0.5) is 18.9 Å². The number of halogens is 4. The van der Waals surface area contributed by atoms with Gasteiger partial charge in [0.2, 0.25) is 0 Å². The molecule has 8 nitrogen and oxygen atoms in total. The zero-order valence-electron chi connectivity index (χ0n) is 14.5. The average molecular weight is 446 g/mol. The number of nitrogens with zero attached hydrogens (tertiary/aromatic N) is 5. The van der Waals surface area contributed by atoms with E-state index < -0.39 is 23.5 Å². The Bertz CT molecular complexity index is 1000. The van der Waals surface area contributed by atoms with Crippen LogP contribution >= 0.6 is 15.9 Å². The van der Waals surface area contributed by atoms with Crippen LogP contribution in [0.25, 0.3) is 0 Å². The van der Waals surface area contributed by atoms with E-state index in [0.717, 1.165) is 15.9 Å². The summed E-state index contributed by atoms with van der Waals surface area (Å²) in [6.07, 6.45) is -3.14. The van der Waals surface area contributed by atoms with Gasteiger partial charge in [-0.15, -0.1) is 0 Å². The van der Waals surface area contributed by atoms with E-state index in [-0.39, 0.29) is 18.1 Å². The van der Waals surface area contributed by atoms with Crippen LogP contribution in [0.2, 0.25) is 0 Å². The highest BCUT2D eigenvalue weighted by molar-refractivity contribution is 9.10. The van der Waals surface area contributed by atoms with Gasteiger partial charge in [0.05, 0.1) is 27.2 Å². The molecule has 2 N–H and O–H groups in total. The Morgan fingerprint density at radius 2 is 2.00 bits per heavy atom. The molecule has 0 radical (unpaired) electrons. The smallest absolute Gasteiger partial charge is 0.317 e. The Kier molecular flexibility index (Phi) is 4.84. The minimum atomic E-state index is -4.68. The molecule has 3 heterocycles. The van der Waals surface area contributed by atoms with Gasteiger partial charge in [0.15, 0.2) is 11.4 Å². The first-order valence-electron chi connectivity index (χ1n) is 7.74. The summed E-state index contributed by atoms with van der Waals surface area (Å²) in [5, 5.41) is 16.1. The predicted octanol–water partition coefficient (Wildman–Crippen LogP) is 3.27. The molecular formula is C15H15BrF3N7O. The van der Waals surface area contributed by atoms with Gasteiger partial charge in [-0.05, 0) is 42.8 Å². The number of hydrogen-bond acceptors (Lipinski definition) is 4. The number of H-pyrrole nitrogens is 1. The molecule has 0 spiro atoms. The van der Waals surface area contributed by atoms with Gasteiger partial charge in [0.25, 0.3) is 5.91 Å². The lowest BCUT2D eigenvalue weighted by Gasteiger charge is -2.08. The third-order valence-corrected chi connectivity index (χ3v) is 5.05. The molecule has 0 aliphatic heterocycles. The molecule has 3 aromatic rings. The minimum Gasteiger partial charge on any atom is -0.317 e. The summed E-state index contributed by atoms with van der Waals surface area (Å²) in [5.74, 6) is -0.765. The molecule has 0 aliphatic carbocycles. The van der Waals surface area contributed by atoms with E-state index in [4.69, 9.17) is 0 Å². The zero-order chi connectivity index (χ0) is 19.9. The second-order valence-corrected chi connectivity index (χ2v) is 6.68. The van der Waals surface area contributed by atoms with Crippen LogP contribution in [-0.4, -0.2) is 35.7 Å². The lowest BCUT2D eigenvalue weighted by Crippen LogP contribution is -2.18. The molecule has 0 aliphatic rings. The van der Waals surface area contributed by atoms with Crippen LogP contribution in [0.5, 0.6) is 0 Å². The van der Waals surface area contributed by atoms with Crippen molar-refractivity contribution in [2.75, 3.05) is 5.32 Å². The molecule has 0 bridgehead atoms. The number of anilines is 1. The molecule has 3 rings (SSSR count). The molecule has 0 atom stereocenters. The van der Waals surface area contributed by atoms with Gasteiger partial charge in [-0.3, -0.25) is 14.6 Å². The number of carbonyl (C=O) groups is 1. The molecule has 1 amide bonds. The highest BCUT2D eigenvalue weighted by Gasteiger charge is 2.38. The average Bonchev–Trinajstić information content (AvgIpc) is 3.25. The number of aryl methyl sites for hydroxylation is 2. The van der Waals surface area contributed by atoms with Crippen LogP contribution in [-0.2, 0) is 12.8 Å². The fraction of sp³-hybridized carbons (Fsp3) is 0.333. The summed E-state index contributed by atoms with van der Waals surface area (Å²) >= 11 is 3.43. The second-order valence-electron chi connectivity index (χ2n) is 5.89. The monoisotopic (exact) mass is 445 g/mol. The van der Waals surface area contributed by atoms with Crippen molar-refractivity contribution >= 4 is 27.5 Å². The summed E-state index contributed by atoms with van der Waals surface area (Å²) in [5.41, 5.74) is 0.183. The van der Waals surface area contributed by atoms with Crippen molar-refractivity contribution in [3.8, 4) is 0 Å². The number of amides is 1. The number of aromatic amines is 1. The van der Waals surface area contributed by atoms with E-state index in [1.54, 1.807) is 10.9 Å². The molecule has 3 aromatic heterocycles. The summed E-state index contributed by atoms with van der Waals surface area (Å²) in [4.78, 5) is 12.3. The third-order valence-electron chi connectivity index (χ3n) is 3.90. The van der Waals surface area contributed by atoms with Crippen LogP contribution < -0.4 is 5.32 Å². The molecule has 0 unspecified atom stereocenters. The number of rotatable bonds is 4. The lowest BCUT2D eigenvalue weighted by molar-refractivity contribution is -0.140. The summed E-state index contributed by atoms with van der Waals surface area (Å²) in [6, 6.07) is 1.42. The van der Waals surface area contributed by atoms with E-state index in [1.165, 1.54) is 17.7 Å². The first-order chi connectivity index (χ1) is 12.6. The van der Waals surface area contributed by atoms with Crippen molar-refractivity contribution < 1.29 is 18.0 Å². The Morgan fingerprint density at radius 1 is 1.30 bits per heavy atom. The molecule has 27 heavy (non-hydrogen) atoms. The number of alkyl halides is 3. The zero-order valence-corrected chi connectivity index (χ0v) is 16.1. The van der Waals surface area contributed by atoms with Gasteiger partial charge in [0, 0.05) is 6.20 Å². The molecule has 0 fully saturated rings. The Labute approximate surface area is 159 Å². The molecule has 0 saturated heterocycles. The normalized spacial score (nSPS) is 11.8. The van der Waals surface area contributed by atoms with E-state index >= 15 is 0 Å². The fourth-order valence-corrected chi connectivity index (χ4v) is 2.76. The maximum atomic E-state index is 13.0. The van der Waals surface area contributed by atoms with Gasteiger partial charge in [-0.25, -0.2) is 4.68 Å². The van der Waals surface area contributed by atoms with Crippen molar-refractivity contribution in [1.82, 2.24) is 29.8 Å². The van der Waals surface area contributed by atoms with Crippen LogP contribution in [0.1, 0.15) is 33.3 Å². The van der Waals surface area contributed by atoms with E-state index in [9.17, 15) is 18.0 Å². The highest BCUT2D eigenvalue weighted by Crippen LogP contribution is 2.34. The number of nitrogens with one attached hydrogen (secondary N) is 2. The standard InChI is InChI=1S/C15H15BrF3N7O/c1-7-11(16)9(3)26(23-7)6-25-5-4-10(24-25)14(27)20-12-8(2)21-22-13(12)15(17,18)19/h4-5H,6H2,1-3H3,(H,20,27)(H,21,22). The number of aromatic nitrogens is 6. The van der Waals surface area contributed by atoms with Gasteiger partial charge in [-0.2, -0.15) is 28.5 Å². The molecule has 12 heteroatoms. The molecular weight excluding hydrogens is 431 g/mol. The predicted molar refractivity (Wildman–Crippen MR) is 93.3 cm³/mol. The van der Waals surface area contributed by atoms with Crippen LogP contribution in [0.15, 0.2) is 16.7 Å². The minimum absolute atomic E-state index is 0.0238. The Balaban J connectivity index is 1.78. The van der Waals surface area contributed by atoms with Crippen molar-refractivity contribution in [1.29, 1.82) is 0 Å². The second kappa shape index (κ2) is 6.83.